The molecule has 2 heterocycles. The Kier molecular flexibility index (Phi) is 5.12. The number of benzene rings is 1. The van der Waals surface area contributed by atoms with Crippen LogP contribution >= 0.6 is 0 Å². The summed E-state index contributed by atoms with van der Waals surface area (Å²) in [5, 5.41) is 8.99. The quantitative estimate of drug-likeness (QED) is 0.910. The van der Waals surface area contributed by atoms with Crippen LogP contribution in [0.25, 0.3) is 0 Å². The Bertz CT molecular complexity index is 801. The fourth-order valence-corrected chi connectivity index (χ4v) is 3.30. The normalized spacial score (nSPS) is 13.4. The average Bonchev–Trinajstić information content (AvgIpc) is 2.58. The predicted octanol–water partition coefficient (Wildman–Crippen LogP) is 2.93. The first-order valence-corrected chi connectivity index (χ1v) is 8.57. The van der Waals surface area contributed by atoms with Crippen molar-refractivity contribution in [2.75, 3.05) is 11.4 Å². The summed E-state index contributed by atoms with van der Waals surface area (Å²) in [5.41, 5.74) is 4.87. The number of aryl methyl sites for hydroxylation is 3. The van der Waals surface area contributed by atoms with E-state index in [2.05, 4.69) is 11.1 Å². The molecule has 0 atom stereocenters. The van der Waals surface area contributed by atoms with Crippen molar-refractivity contribution >= 4 is 17.6 Å². The van der Waals surface area contributed by atoms with Gasteiger partial charge >= 0.3 is 5.97 Å². The molecule has 0 saturated carbocycles. The zero-order valence-corrected chi connectivity index (χ0v) is 14.4. The Hall–Kier alpha value is -2.69. The Morgan fingerprint density at radius 1 is 1.20 bits per heavy atom. The first kappa shape index (κ1) is 17.1. The van der Waals surface area contributed by atoms with Crippen LogP contribution < -0.4 is 4.90 Å². The van der Waals surface area contributed by atoms with Gasteiger partial charge < -0.3 is 10.0 Å². The molecule has 0 spiro atoms. The van der Waals surface area contributed by atoms with E-state index in [1.807, 2.05) is 30.0 Å². The lowest BCUT2D eigenvalue weighted by molar-refractivity contribution is -0.136. The number of carboxylic acid groups (broad SMARTS) is 1. The topological polar surface area (TPSA) is 70.5 Å². The van der Waals surface area contributed by atoms with Crippen molar-refractivity contribution in [1.29, 1.82) is 0 Å². The Morgan fingerprint density at radius 3 is 2.80 bits per heavy atom. The van der Waals surface area contributed by atoms with Crippen molar-refractivity contribution in [1.82, 2.24) is 4.98 Å². The number of aliphatic carboxylic acids is 1. The summed E-state index contributed by atoms with van der Waals surface area (Å²) < 4.78 is 0. The Balaban J connectivity index is 1.74. The van der Waals surface area contributed by atoms with Crippen molar-refractivity contribution in [3.63, 3.8) is 0 Å². The lowest BCUT2D eigenvalue weighted by Gasteiger charge is -2.30. The maximum atomic E-state index is 12.7. The highest BCUT2D eigenvalue weighted by atomic mass is 16.4. The Morgan fingerprint density at radius 2 is 2.04 bits per heavy atom. The fourth-order valence-electron chi connectivity index (χ4n) is 3.30. The van der Waals surface area contributed by atoms with Gasteiger partial charge in [0.05, 0.1) is 6.42 Å². The van der Waals surface area contributed by atoms with Gasteiger partial charge in [0, 0.05) is 31.0 Å². The summed E-state index contributed by atoms with van der Waals surface area (Å²) in [6.07, 6.45) is 6.52. The summed E-state index contributed by atoms with van der Waals surface area (Å²) in [6, 6.07) is 7.71. The van der Waals surface area contributed by atoms with Gasteiger partial charge in [0.2, 0.25) is 5.91 Å². The highest BCUT2D eigenvalue weighted by molar-refractivity contribution is 5.95. The SMILES string of the molecule is Cc1cncc(CCC(=O)N2CCCc3ccc(CC(=O)O)cc32)c1. The molecule has 5 heteroatoms. The zero-order valence-electron chi connectivity index (χ0n) is 14.4. The number of carbonyl (C=O) groups is 2. The van der Waals surface area contributed by atoms with E-state index >= 15 is 0 Å². The zero-order chi connectivity index (χ0) is 17.8. The van der Waals surface area contributed by atoms with Crippen LogP contribution in [-0.2, 0) is 28.9 Å². The van der Waals surface area contributed by atoms with Crippen LogP contribution in [0.2, 0.25) is 0 Å². The first-order chi connectivity index (χ1) is 12.0. The smallest absolute Gasteiger partial charge is 0.307 e. The molecule has 1 aliphatic heterocycles. The minimum atomic E-state index is -0.861. The number of aromatic nitrogens is 1. The number of carbonyl (C=O) groups excluding carboxylic acids is 1. The van der Waals surface area contributed by atoms with Crippen LogP contribution in [0, 0.1) is 6.92 Å². The van der Waals surface area contributed by atoms with Crippen molar-refractivity contribution in [3.05, 3.63) is 58.9 Å². The van der Waals surface area contributed by atoms with Crippen LogP contribution in [0.5, 0.6) is 0 Å². The number of fused-ring (bicyclic) bond motifs is 1. The van der Waals surface area contributed by atoms with Gasteiger partial charge in [-0.05, 0) is 54.5 Å². The number of rotatable bonds is 5. The molecule has 1 aromatic heterocycles. The van der Waals surface area contributed by atoms with Gasteiger partial charge in [-0.15, -0.1) is 0 Å². The van der Waals surface area contributed by atoms with Crippen molar-refractivity contribution < 1.29 is 14.7 Å². The molecular formula is C20H22N2O3. The molecule has 1 amide bonds. The maximum absolute atomic E-state index is 12.7. The third-order valence-corrected chi connectivity index (χ3v) is 4.48. The summed E-state index contributed by atoms with van der Waals surface area (Å²) in [7, 11) is 0. The second kappa shape index (κ2) is 7.47. The molecule has 1 aliphatic rings. The molecule has 0 fully saturated rings. The van der Waals surface area contributed by atoms with E-state index in [0.29, 0.717) is 19.4 Å². The highest BCUT2D eigenvalue weighted by Crippen LogP contribution is 2.29. The lowest BCUT2D eigenvalue weighted by atomic mass is 9.98. The van der Waals surface area contributed by atoms with Gasteiger partial charge in [-0.25, -0.2) is 0 Å². The van der Waals surface area contributed by atoms with Gasteiger partial charge in [0.15, 0.2) is 0 Å². The monoisotopic (exact) mass is 338 g/mol. The molecular weight excluding hydrogens is 316 g/mol. The summed E-state index contributed by atoms with van der Waals surface area (Å²) in [4.78, 5) is 29.7. The number of anilines is 1. The average molecular weight is 338 g/mol. The first-order valence-electron chi connectivity index (χ1n) is 8.57. The van der Waals surface area contributed by atoms with Crippen molar-refractivity contribution in [2.24, 2.45) is 0 Å². The molecule has 2 aromatic rings. The molecule has 1 aromatic carbocycles. The van der Waals surface area contributed by atoms with E-state index in [4.69, 9.17) is 5.11 Å². The minimum Gasteiger partial charge on any atom is -0.481 e. The van der Waals surface area contributed by atoms with Crippen LogP contribution in [0.3, 0.4) is 0 Å². The van der Waals surface area contributed by atoms with Gasteiger partial charge in [-0.1, -0.05) is 18.2 Å². The standard InChI is InChI=1S/C20H22N2O3/c1-14-9-16(13-21-12-14)5-7-19(23)22-8-2-3-17-6-4-15(10-18(17)22)11-20(24)25/h4,6,9-10,12-13H,2-3,5,7-8,11H2,1H3,(H,24,25). The van der Waals surface area contributed by atoms with E-state index < -0.39 is 5.97 Å². The number of hydrogen-bond acceptors (Lipinski definition) is 3. The number of amides is 1. The lowest BCUT2D eigenvalue weighted by Crippen LogP contribution is -2.35. The highest BCUT2D eigenvalue weighted by Gasteiger charge is 2.23. The molecule has 3 rings (SSSR count). The van der Waals surface area contributed by atoms with Crippen molar-refractivity contribution in [2.45, 2.75) is 39.0 Å². The van der Waals surface area contributed by atoms with E-state index in [9.17, 15) is 9.59 Å². The number of pyridine rings is 1. The predicted molar refractivity (Wildman–Crippen MR) is 95.8 cm³/mol. The molecule has 0 unspecified atom stereocenters. The van der Waals surface area contributed by atoms with Gasteiger partial charge in [0.25, 0.3) is 0 Å². The molecule has 0 bridgehead atoms. The van der Waals surface area contributed by atoms with Crippen molar-refractivity contribution in [3.8, 4) is 0 Å². The Labute approximate surface area is 147 Å². The van der Waals surface area contributed by atoms with E-state index in [1.54, 1.807) is 12.4 Å². The van der Waals surface area contributed by atoms with Crippen LogP contribution in [0.4, 0.5) is 5.69 Å². The van der Waals surface area contributed by atoms with Gasteiger partial charge in [-0.3, -0.25) is 14.6 Å². The molecule has 0 aliphatic carbocycles. The minimum absolute atomic E-state index is 0.0235. The number of hydrogen-bond donors (Lipinski definition) is 1. The summed E-state index contributed by atoms with van der Waals surface area (Å²) in [5.74, 6) is -0.782. The molecule has 0 saturated heterocycles. The molecule has 0 radical (unpaired) electrons. The molecule has 25 heavy (non-hydrogen) atoms. The number of carboxylic acids is 1. The fraction of sp³-hybridized carbons (Fsp3) is 0.350. The largest absolute Gasteiger partial charge is 0.481 e. The summed E-state index contributed by atoms with van der Waals surface area (Å²) >= 11 is 0. The van der Waals surface area contributed by atoms with E-state index in [-0.39, 0.29) is 12.3 Å². The maximum Gasteiger partial charge on any atom is 0.307 e. The second-order valence-electron chi connectivity index (χ2n) is 6.55. The molecule has 5 nitrogen and oxygen atoms in total. The second-order valence-corrected chi connectivity index (χ2v) is 6.55. The number of nitrogens with zero attached hydrogens (tertiary/aromatic N) is 2. The van der Waals surface area contributed by atoms with Crippen LogP contribution in [-0.4, -0.2) is 28.5 Å². The van der Waals surface area contributed by atoms with E-state index in [1.165, 1.54) is 0 Å². The van der Waals surface area contributed by atoms with E-state index in [0.717, 1.165) is 40.8 Å². The third kappa shape index (κ3) is 4.24. The van der Waals surface area contributed by atoms with Gasteiger partial charge in [-0.2, -0.15) is 0 Å². The summed E-state index contributed by atoms with van der Waals surface area (Å²) in [6.45, 7) is 2.68. The van der Waals surface area contributed by atoms with Crippen LogP contribution in [0.1, 0.15) is 35.1 Å². The molecule has 1 N–H and O–H groups in total. The molecule has 130 valence electrons. The van der Waals surface area contributed by atoms with Crippen LogP contribution in [0.15, 0.2) is 36.7 Å². The van der Waals surface area contributed by atoms with Gasteiger partial charge in [0.1, 0.15) is 0 Å². The third-order valence-electron chi connectivity index (χ3n) is 4.48.